The summed E-state index contributed by atoms with van der Waals surface area (Å²) in [4.78, 5) is 0. The van der Waals surface area contributed by atoms with Crippen LogP contribution in [0.5, 0.6) is 23.0 Å². The van der Waals surface area contributed by atoms with Crippen molar-refractivity contribution in [1.29, 1.82) is 0 Å². The predicted molar refractivity (Wildman–Crippen MR) is 85.1 cm³/mol. The van der Waals surface area contributed by atoms with Crippen LogP contribution in [0.15, 0.2) is 24.3 Å². The number of rotatable bonds is 4. The van der Waals surface area contributed by atoms with E-state index in [-0.39, 0.29) is 40.3 Å². The first-order chi connectivity index (χ1) is 10.4. The van der Waals surface area contributed by atoms with Gasteiger partial charge in [0.1, 0.15) is 0 Å². The van der Waals surface area contributed by atoms with E-state index in [0.29, 0.717) is 24.0 Å². The Labute approximate surface area is 128 Å². The minimum Gasteiger partial charge on any atom is -0.504 e. The molecule has 22 heavy (non-hydrogen) atoms. The molecule has 0 amide bonds. The molecule has 1 atom stereocenters. The van der Waals surface area contributed by atoms with Crippen LogP contribution in [0.4, 0.5) is 11.4 Å². The summed E-state index contributed by atoms with van der Waals surface area (Å²) in [7, 11) is 0. The van der Waals surface area contributed by atoms with Gasteiger partial charge in [-0.25, -0.2) is 0 Å². The summed E-state index contributed by atoms with van der Waals surface area (Å²) < 4.78 is 0. The molecule has 2 aromatic rings. The van der Waals surface area contributed by atoms with E-state index < -0.39 is 0 Å². The lowest BCUT2D eigenvalue weighted by Gasteiger charge is -2.19. The van der Waals surface area contributed by atoms with E-state index in [0.717, 1.165) is 0 Å². The zero-order valence-electron chi connectivity index (χ0n) is 12.2. The molecule has 2 rings (SSSR count). The Morgan fingerprint density at radius 1 is 0.818 bits per heavy atom. The average Bonchev–Trinajstić information content (AvgIpc) is 2.51. The monoisotopic (exact) mass is 304 g/mol. The molecule has 0 bridgehead atoms. The lowest BCUT2D eigenvalue weighted by molar-refractivity contribution is 0.392. The molecule has 0 saturated heterocycles. The third-order valence-electron chi connectivity index (χ3n) is 3.88. The highest BCUT2D eigenvalue weighted by atomic mass is 16.3. The molecular weight excluding hydrogens is 284 g/mol. The van der Waals surface area contributed by atoms with Gasteiger partial charge >= 0.3 is 0 Å². The molecule has 0 aliphatic carbocycles. The molecule has 0 saturated carbocycles. The Balaban J connectivity index is 2.39. The second-order valence-electron chi connectivity index (χ2n) is 5.26. The van der Waals surface area contributed by atoms with Gasteiger partial charge in [-0.3, -0.25) is 0 Å². The van der Waals surface area contributed by atoms with Gasteiger partial charge in [-0.2, -0.15) is 0 Å². The normalized spacial score (nSPS) is 12.2. The van der Waals surface area contributed by atoms with Crippen molar-refractivity contribution in [2.45, 2.75) is 25.7 Å². The fourth-order valence-electron chi connectivity index (χ4n) is 2.48. The van der Waals surface area contributed by atoms with E-state index >= 15 is 0 Å². The summed E-state index contributed by atoms with van der Waals surface area (Å²) in [6, 6.07) is 6.30. The Bertz CT molecular complexity index is 701. The Morgan fingerprint density at radius 3 is 1.95 bits per heavy atom. The molecular formula is C16H20N2O4. The van der Waals surface area contributed by atoms with Crippen molar-refractivity contribution in [2.75, 3.05) is 11.5 Å². The van der Waals surface area contributed by atoms with Crippen LogP contribution in [0.2, 0.25) is 0 Å². The van der Waals surface area contributed by atoms with Crippen LogP contribution < -0.4 is 11.5 Å². The third-order valence-corrected chi connectivity index (χ3v) is 3.88. The SMILES string of the molecule is CCC(Cc1ccc(N)c(O)c1O)c1ccc(N)c(O)c1O. The lowest BCUT2D eigenvalue weighted by Crippen LogP contribution is -2.04. The number of anilines is 2. The molecule has 118 valence electrons. The fourth-order valence-corrected chi connectivity index (χ4v) is 2.48. The summed E-state index contributed by atoms with van der Waals surface area (Å²) in [5.41, 5.74) is 12.3. The number of hydrogen-bond acceptors (Lipinski definition) is 6. The number of phenols is 4. The van der Waals surface area contributed by atoms with Gasteiger partial charge in [0.15, 0.2) is 23.0 Å². The Morgan fingerprint density at radius 2 is 1.36 bits per heavy atom. The van der Waals surface area contributed by atoms with Crippen molar-refractivity contribution in [2.24, 2.45) is 0 Å². The number of nitrogen functional groups attached to an aromatic ring is 2. The van der Waals surface area contributed by atoms with Crippen LogP contribution in [0.1, 0.15) is 30.4 Å². The molecule has 0 spiro atoms. The smallest absolute Gasteiger partial charge is 0.181 e. The first-order valence-corrected chi connectivity index (χ1v) is 6.96. The highest BCUT2D eigenvalue weighted by Crippen LogP contribution is 2.42. The van der Waals surface area contributed by atoms with Crippen molar-refractivity contribution >= 4 is 11.4 Å². The largest absolute Gasteiger partial charge is 0.504 e. The standard InChI is InChI=1S/C16H20N2O4/c1-2-8(10-4-6-12(18)16(22)14(10)20)7-9-3-5-11(17)15(21)13(9)19/h3-6,8,19-22H,2,7,17-18H2,1H3. The van der Waals surface area contributed by atoms with Gasteiger partial charge in [0.2, 0.25) is 0 Å². The van der Waals surface area contributed by atoms with E-state index in [9.17, 15) is 20.4 Å². The summed E-state index contributed by atoms with van der Waals surface area (Å²) >= 11 is 0. The third kappa shape index (κ3) is 2.67. The number of nitrogens with two attached hydrogens (primary N) is 2. The van der Waals surface area contributed by atoms with Gasteiger partial charge in [0.05, 0.1) is 11.4 Å². The van der Waals surface area contributed by atoms with Gasteiger partial charge in [-0.1, -0.05) is 19.1 Å². The number of hydrogen-bond donors (Lipinski definition) is 6. The molecule has 0 aliphatic rings. The van der Waals surface area contributed by atoms with E-state index in [1.165, 1.54) is 12.1 Å². The maximum atomic E-state index is 10.1. The fraction of sp³-hybridized carbons (Fsp3) is 0.250. The van der Waals surface area contributed by atoms with Crippen LogP contribution in [-0.2, 0) is 6.42 Å². The molecule has 0 aromatic heterocycles. The Hall–Kier alpha value is -2.76. The van der Waals surface area contributed by atoms with Crippen molar-refractivity contribution < 1.29 is 20.4 Å². The summed E-state index contributed by atoms with van der Waals surface area (Å²) in [6.45, 7) is 1.92. The maximum Gasteiger partial charge on any atom is 0.181 e. The van der Waals surface area contributed by atoms with Gasteiger partial charge in [0, 0.05) is 5.56 Å². The second-order valence-corrected chi connectivity index (χ2v) is 5.26. The Kier molecular flexibility index (Phi) is 4.21. The maximum absolute atomic E-state index is 10.1. The van der Waals surface area contributed by atoms with Crippen molar-refractivity contribution in [3.05, 3.63) is 35.4 Å². The van der Waals surface area contributed by atoms with Gasteiger partial charge in [-0.15, -0.1) is 0 Å². The van der Waals surface area contributed by atoms with Crippen molar-refractivity contribution in [3.8, 4) is 23.0 Å². The van der Waals surface area contributed by atoms with Crippen LogP contribution in [0, 0.1) is 0 Å². The average molecular weight is 304 g/mol. The topological polar surface area (TPSA) is 133 Å². The number of aromatic hydroxyl groups is 4. The predicted octanol–water partition coefficient (Wildman–Crippen LogP) is 2.41. The molecule has 0 heterocycles. The highest BCUT2D eigenvalue weighted by Gasteiger charge is 2.20. The van der Waals surface area contributed by atoms with Crippen molar-refractivity contribution in [3.63, 3.8) is 0 Å². The zero-order chi connectivity index (χ0) is 16.4. The van der Waals surface area contributed by atoms with E-state index in [4.69, 9.17) is 11.5 Å². The molecule has 0 fully saturated rings. The molecule has 0 aliphatic heterocycles. The minimum absolute atomic E-state index is 0.0993. The first kappa shape index (κ1) is 15.6. The molecule has 8 N–H and O–H groups in total. The van der Waals surface area contributed by atoms with Crippen molar-refractivity contribution in [1.82, 2.24) is 0 Å². The molecule has 6 heteroatoms. The number of phenolic OH excluding ortho intramolecular Hbond substituents is 4. The lowest BCUT2D eigenvalue weighted by atomic mass is 9.88. The molecule has 2 aromatic carbocycles. The second kappa shape index (κ2) is 5.93. The summed E-state index contributed by atoms with van der Waals surface area (Å²) in [5.74, 6) is -1.39. The van der Waals surface area contributed by atoms with Crippen LogP contribution in [0.25, 0.3) is 0 Å². The van der Waals surface area contributed by atoms with Gasteiger partial charge < -0.3 is 31.9 Å². The van der Waals surface area contributed by atoms with Crippen LogP contribution >= 0.6 is 0 Å². The van der Waals surface area contributed by atoms with E-state index in [2.05, 4.69) is 0 Å². The molecule has 6 nitrogen and oxygen atoms in total. The zero-order valence-corrected chi connectivity index (χ0v) is 12.2. The van der Waals surface area contributed by atoms with Crippen LogP contribution in [0.3, 0.4) is 0 Å². The van der Waals surface area contributed by atoms with E-state index in [1.54, 1.807) is 12.1 Å². The van der Waals surface area contributed by atoms with E-state index in [1.807, 2.05) is 6.92 Å². The number of benzene rings is 2. The molecule has 1 unspecified atom stereocenters. The van der Waals surface area contributed by atoms with Gasteiger partial charge in [-0.05, 0) is 36.5 Å². The first-order valence-electron chi connectivity index (χ1n) is 6.96. The summed E-state index contributed by atoms with van der Waals surface area (Å²) in [6.07, 6.45) is 1.02. The highest BCUT2D eigenvalue weighted by molar-refractivity contribution is 5.64. The van der Waals surface area contributed by atoms with Crippen LogP contribution in [-0.4, -0.2) is 20.4 Å². The van der Waals surface area contributed by atoms with Gasteiger partial charge in [0.25, 0.3) is 0 Å². The minimum atomic E-state index is -0.350. The quantitative estimate of drug-likeness (QED) is 0.379. The summed E-state index contributed by atoms with van der Waals surface area (Å²) in [5, 5.41) is 39.5. The molecule has 0 radical (unpaired) electrons.